The van der Waals surface area contributed by atoms with Gasteiger partial charge in [0.15, 0.2) is 5.13 Å². The monoisotopic (exact) mass is 458 g/mol. The van der Waals surface area contributed by atoms with E-state index >= 15 is 0 Å². The molecule has 0 radical (unpaired) electrons. The average Bonchev–Trinajstić information content (AvgIpc) is 3.22. The summed E-state index contributed by atoms with van der Waals surface area (Å²) in [6, 6.07) is 10.8. The largest absolute Gasteiger partial charge is 0.466 e. The van der Waals surface area contributed by atoms with E-state index in [4.69, 9.17) is 4.74 Å². The summed E-state index contributed by atoms with van der Waals surface area (Å²) in [4.78, 5) is 29.3. The number of nitrogens with zero attached hydrogens (tertiary/aromatic N) is 1. The van der Waals surface area contributed by atoms with Gasteiger partial charge < -0.3 is 15.4 Å². The number of hydrogen-bond acceptors (Lipinski definition) is 7. The maximum absolute atomic E-state index is 12.8. The van der Waals surface area contributed by atoms with Gasteiger partial charge in [-0.3, -0.25) is 14.3 Å². The van der Waals surface area contributed by atoms with Crippen molar-refractivity contribution in [3.8, 4) is 5.75 Å². The minimum absolute atomic E-state index is 0.00265. The molecule has 0 saturated carbocycles. The summed E-state index contributed by atoms with van der Waals surface area (Å²) >= 11 is 1.16. The lowest BCUT2D eigenvalue weighted by atomic mass is 10.0. The molecule has 2 heterocycles. The minimum atomic E-state index is -3.81. The number of anilines is 3. The summed E-state index contributed by atoms with van der Waals surface area (Å²) < 4.78 is 32.9. The number of benzene rings is 2. The SMILES string of the molecule is Cc1ccc2c(c1)NC(=O)C(C)(C(=O)Nc1ccc(S(=O)(=O)Nc3nccs3)cc1)O2. The van der Waals surface area contributed by atoms with Gasteiger partial charge in [-0.15, -0.1) is 11.3 Å². The number of carbonyl (C=O) groups is 2. The van der Waals surface area contributed by atoms with Gasteiger partial charge in [-0.1, -0.05) is 6.07 Å². The molecular weight excluding hydrogens is 440 g/mol. The van der Waals surface area contributed by atoms with Gasteiger partial charge in [-0.25, -0.2) is 13.4 Å². The van der Waals surface area contributed by atoms with Gasteiger partial charge in [0.05, 0.1) is 10.6 Å². The Morgan fingerprint density at radius 3 is 2.61 bits per heavy atom. The highest BCUT2D eigenvalue weighted by Gasteiger charge is 2.47. The van der Waals surface area contributed by atoms with Crippen LogP contribution in [0.1, 0.15) is 12.5 Å². The van der Waals surface area contributed by atoms with Crippen molar-refractivity contribution >= 4 is 49.7 Å². The molecule has 1 atom stereocenters. The highest BCUT2D eigenvalue weighted by molar-refractivity contribution is 7.93. The lowest BCUT2D eigenvalue weighted by Gasteiger charge is -2.33. The van der Waals surface area contributed by atoms with Crippen molar-refractivity contribution < 1.29 is 22.7 Å². The van der Waals surface area contributed by atoms with Crippen molar-refractivity contribution in [1.29, 1.82) is 0 Å². The third-order valence-electron chi connectivity index (χ3n) is 4.64. The first-order valence-corrected chi connectivity index (χ1v) is 11.5. The van der Waals surface area contributed by atoms with E-state index in [0.717, 1.165) is 16.9 Å². The van der Waals surface area contributed by atoms with Crippen LogP contribution in [-0.2, 0) is 19.6 Å². The maximum Gasteiger partial charge on any atom is 0.278 e. The van der Waals surface area contributed by atoms with E-state index in [1.807, 2.05) is 13.0 Å². The molecule has 0 saturated heterocycles. The number of thiazole rings is 1. The Bertz CT molecular complexity index is 1260. The quantitative estimate of drug-likeness (QED) is 0.505. The van der Waals surface area contributed by atoms with Crippen LogP contribution in [0.5, 0.6) is 5.75 Å². The van der Waals surface area contributed by atoms with Gasteiger partial charge >= 0.3 is 0 Å². The lowest BCUT2D eigenvalue weighted by Crippen LogP contribution is -2.56. The van der Waals surface area contributed by atoms with Gasteiger partial charge in [-0.05, 0) is 55.8 Å². The van der Waals surface area contributed by atoms with Gasteiger partial charge in [0.25, 0.3) is 27.4 Å². The molecule has 1 aliphatic rings. The second-order valence-electron chi connectivity index (χ2n) is 7.01. The Hall–Kier alpha value is -3.44. The van der Waals surface area contributed by atoms with Gasteiger partial charge in [-0.2, -0.15) is 0 Å². The summed E-state index contributed by atoms with van der Waals surface area (Å²) in [5, 5.41) is 7.19. The standard InChI is InChI=1S/C20H18N4O5S2/c1-12-3-8-16-15(11-12)23-18(26)20(2,29-16)17(25)22-13-4-6-14(7-5-13)31(27,28)24-19-21-9-10-30-19/h3-11H,1-2H3,(H,21,24)(H,22,25)(H,23,26). The number of sulfonamides is 1. The lowest BCUT2D eigenvalue weighted by molar-refractivity contribution is -0.143. The Kier molecular flexibility index (Phi) is 5.15. The fraction of sp³-hybridized carbons (Fsp3) is 0.150. The zero-order valence-corrected chi connectivity index (χ0v) is 18.1. The molecule has 0 aliphatic carbocycles. The number of rotatable bonds is 5. The van der Waals surface area contributed by atoms with E-state index in [2.05, 4.69) is 20.3 Å². The van der Waals surface area contributed by atoms with Crippen molar-refractivity contribution in [2.24, 2.45) is 0 Å². The highest BCUT2D eigenvalue weighted by Crippen LogP contribution is 2.35. The molecule has 2 amide bonds. The first-order chi connectivity index (χ1) is 14.7. The fourth-order valence-electron chi connectivity index (χ4n) is 2.90. The van der Waals surface area contributed by atoms with E-state index < -0.39 is 27.4 Å². The molecule has 160 valence electrons. The van der Waals surface area contributed by atoms with Crippen LogP contribution in [0.4, 0.5) is 16.5 Å². The molecule has 31 heavy (non-hydrogen) atoms. The number of carbonyl (C=O) groups excluding carboxylic acids is 2. The zero-order valence-electron chi connectivity index (χ0n) is 16.5. The second-order valence-corrected chi connectivity index (χ2v) is 9.59. The van der Waals surface area contributed by atoms with E-state index in [0.29, 0.717) is 17.1 Å². The fourth-order valence-corrected chi connectivity index (χ4v) is 4.69. The normalized spacial score (nSPS) is 17.8. The number of nitrogens with one attached hydrogen (secondary N) is 3. The Labute approximate surface area is 182 Å². The van der Waals surface area contributed by atoms with Crippen LogP contribution in [0.3, 0.4) is 0 Å². The summed E-state index contributed by atoms with van der Waals surface area (Å²) in [6.07, 6.45) is 1.49. The van der Waals surface area contributed by atoms with Crippen molar-refractivity contribution in [2.75, 3.05) is 15.4 Å². The third-order valence-corrected chi connectivity index (χ3v) is 6.81. The van der Waals surface area contributed by atoms with Crippen molar-refractivity contribution in [2.45, 2.75) is 24.3 Å². The molecule has 3 aromatic rings. The van der Waals surface area contributed by atoms with Crippen LogP contribution in [0.25, 0.3) is 0 Å². The van der Waals surface area contributed by atoms with Gasteiger partial charge in [0.2, 0.25) is 0 Å². The summed E-state index contributed by atoms with van der Waals surface area (Å²) in [5.41, 5.74) is -0.0439. The number of fused-ring (bicyclic) bond motifs is 1. The van der Waals surface area contributed by atoms with E-state index in [-0.39, 0.29) is 10.0 Å². The third kappa shape index (κ3) is 4.09. The summed E-state index contributed by atoms with van der Waals surface area (Å²) in [7, 11) is -3.81. The predicted octanol–water partition coefficient (Wildman–Crippen LogP) is 2.98. The number of aromatic nitrogens is 1. The van der Waals surface area contributed by atoms with Crippen molar-refractivity contribution in [3.05, 3.63) is 59.6 Å². The van der Waals surface area contributed by atoms with Crippen LogP contribution in [-0.4, -0.2) is 30.8 Å². The summed E-state index contributed by atoms with van der Waals surface area (Å²) in [5.74, 6) is -0.903. The Balaban J connectivity index is 1.49. The first-order valence-electron chi connectivity index (χ1n) is 9.12. The molecule has 2 aromatic carbocycles. The highest BCUT2D eigenvalue weighted by atomic mass is 32.2. The number of hydrogen-bond donors (Lipinski definition) is 3. The molecule has 11 heteroatoms. The van der Waals surface area contributed by atoms with Crippen LogP contribution in [0.15, 0.2) is 58.9 Å². The number of amides is 2. The van der Waals surface area contributed by atoms with Crippen molar-refractivity contribution in [3.63, 3.8) is 0 Å². The van der Waals surface area contributed by atoms with Gasteiger partial charge in [0.1, 0.15) is 5.75 Å². The predicted molar refractivity (Wildman–Crippen MR) is 117 cm³/mol. The molecule has 4 rings (SSSR count). The first kappa shape index (κ1) is 20.8. The van der Waals surface area contributed by atoms with Gasteiger partial charge in [0, 0.05) is 17.3 Å². The minimum Gasteiger partial charge on any atom is -0.466 e. The molecule has 3 N–H and O–H groups in total. The molecule has 0 spiro atoms. The smallest absolute Gasteiger partial charge is 0.278 e. The maximum atomic E-state index is 12.8. The van der Waals surface area contributed by atoms with E-state index in [1.165, 1.54) is 37.4 Å². The van der Waals surface area contributed by atoms with E-state index in [1.54, 1.807) is 17.5 Å². The average molecular weight is 459 g/mol. The number of ether oxygens (including phenoxy) is 1. The topological polar surface area (TPSA) is 126 Å². The second kappa shape index (κ2) is 7.67. The van der Waals surface area contributed by atoms with Crippen molar-refractivity contribution in [1.82, 2.24) is 4.98 Å². The Morgan fingerprint density at radius 1 is 1.19 bits per heavy atom. The van der Waals surface area contributed by atoms with E-state index in [9.17, 15) is 18.0 Å². The van der Waals surface area contributed by atoms with Crippen LogP contribution in [0, 0.1) is 6.92 Å². The molecule has 0 bridgehead atoms. The van der Waals surface area contributed by atoms with Crippen LogP contribution < -0.4 is 20.1 Å². The molecule has 1 aromatic heterocycles. The molecular formula is C20H18N4O5S2. The Morgan fingerprint density at radius 2 is 1.94 bits per heavy atom. The number of aryl methyl sites for hydroxylation is 1. The molecule has 1 unspecified atom stereocenters. The molecule has 1 aliphatic heterocycles. The zero-order chi connectivity index (χ0) is 22.2. The van der Waals surface area contributed by atoms with Crippen LogP contribution in [0.2, 0.25) is 0 Å². The molecule has 0 fully saturated rings. The molecule has 9 nitrogen and oxygen atoms in total. The van der Waals surface area contributed by atoms with Crippen LogP contribution >= 0.6 is 11.3 Å². The summed E-state index contributed by atoms with van der Waals surface area (Å²) in [6.45, 7) is 3.25.